The van der Waals surface area contributed by atoms with Crippen molar-refractivity contribution in [3.63, 3.8) is 0 Å². The quantitative estimate of drug-likeness (QED) is 0.546. The van der Waals surface area contributed by atoms with E-state index in [0.717, 1.165) is 13.1 Å². The maximum Gasteiger partial charge on any atom is 0.219 e. The fourth-order valence-corrected chi connectivity index (χ4v) is 1.31. The average Bonchev–Trinajstić information content (AvgIpc) is 1.79. The second-order valence-corrected chi connectivity index (χ2v) is 3.22. The van der Waals surface area contributed by atoms with Gasteiger partial charge in [0.05, 0.1) is 6.04 Å². The molecule has 1 amide bonds. The summed E-state index contributed by atoms with van der Waals surface area (Å²) in [5.41, 5.74) is 0. The van der Waals surface area contributed by atoms with Gasteiger partial charge in [0.15, 0.2) is 0 Å². The van der Waals surface area contributed by atoms with Crippen molar-refractivity contribution in [3.8, 4) is 0 Å². The van der Waals surface area contributed by atoms with Gasteiger partial charge < -0.3 is 4.90 Å². The SMILES string of the molecule is CC(=O)N(C)C1CN(S)C1. The lowest BCUT2D eigenvalue weighted by Gasteiger charge is -2.40. The van der Waals surface area contributed by atoms with Crippen molar-refractivity contribution < 1.29 is 4.79 Å². The molecule has 58 valence electrons. The first-order chi connectivity index (χ1) is 4.61. The molecule has 0 aromatic rings. The van der Waals surface area contributed by atoms with E-state index >= 15 is 0 Å². The van der Waals surface area contributed by atoms with Gasteiger partial charge in [-0.05, 0) is 0 Å². The van der Waals surface area contributed by atoms with Crippen LogP contribution in [0.2, 0.25) is 0 Å². The molecule has 0 unspecified atom stereocenters. The van der Waals surface area contributed by atoms with Gasteiger partial charge >= 0.3 is 0 Å². The summed E-state index contributed by atoms with van der Waals surface area (Å²) in [6, 6.07) is 0.384. The Bertz CT molecular complexity index is 145. The Morgan fingerprint density at radius 2 is 2.20 bits per heavy atom. The second-order valence-electron chi connectivity index (χ2n) is 2.66. The predicted octanol–water partition coefficient (Wildman–Crippen LogP) is -0.00630. The van der Waals surface area contributed by atoms with Crippen LogP contribution in [0.1, 0.15) is 6.92 Å². The largest absolute Gasteiger partial charge is 0.340 e. The summed E-state index contributed by atoms with van der Waals surface area (Å²) in [6.45, 7) is 3.36. The van der Waals surface area contributed by atoms with Crippen molar-refractivity contribution in [2.24, 2.45) is 0 Å². The van der Waals surface area contributed by atoms with Crippen molar-refractivity contribution in [2.75, 3.05) is 20.1 Å². The van der Waals surface area contributed by atoms with Crippen LogP contribution in [-0.4, -0.2) is 41.3 Å². The first-order valence-corrected chi connectivity index (χ1v) is 3.68. The summed E-state index contributed by atoms with van der Waals surface area (Å²) in [5, 5.41) is 0. The molecule has 0 atom stereocenters. The minimum absolute atomic E-state index is 0.131. The standard InChI is InChI=1S/C6H12N2OS/c1-5(9)7(2)6-3-8(10)4-6/h6,10H,3-4H2,1-2H3. The highest BCUT2D eigenvalue weighted by molar-refractivity contribution is 7.77. The van der Waals surface area contributed by atoms with Crippen LogP contribution in [0.5, 0.6) is 0 Å². The smallest absolute Gasteiger partial charge is 0.219 e. The van der Waals surface area contributed by atoms with E-state index in [1.165, 1.54) is 0 Å². The van der Waals surface area contributed by atoms with Crippen molar-refractivity contribution in [3.05, 3.63) is 0 Å². The second kappa shape index (κ2) is 2.80. The Hall–Kier alpha value is -0.220. The van der Waals surface area contributed by atoms with Crippen molar-refractivity contribution >= 4 is 18.7 Å². The highest BCUT2D eigenvalue weighted by atomic mass is 32.1. The molecule has 0 saturated carbocycles. The van der Waals surface area contributed by atoms with Crippen LogP contribution < -0.4 is 0 Å². The highest BCUT2D eigenvalue weighted by Crippen LogP contribution is 2.14. The van der Waals surface area contributed by atoms with E-state index < -0.39 is 0 Å². The van der Waals surface area contributed by atoms with Gasteiger partial charge in [0.2, 0.25) is 5.91 Å². The summed E-state index contributed by atoms with van der Waals surface area (Å²) in [5.74, 6) is 0.131. The number of carbonyl (C=O) groups excluding carboxylic acids is 1. The molecule has 0 bridgehead atoms. The lowest BCUT2D eigenvalue weighted by molar-refractivity contribution is -0.131. The van der Waals surface area contributed by atoms with Crippen LogP contribution in [0.4, 0.5) is 0 Å². The van der Waals surface area contributed by atoms with Gasteiger partial charge in [-0.25, -0.2) is 4.31 Å². The lowest BCUT2D eigenvalue weighted by Crippen LogP contribution is -2.55. The molecular weight excluding hydrogens is 148 g/mol. The van der Waals surface area contributed by atoms with Gasteiger partial charge in [-0.1, -0.05) is 12.8 Å². The summed E-state index contributed by atoms with van der Waals surface area (Å²) >= 11 is 4.10. The van der Waals surface area contributed by atoms with E-state index in [-0.39, 0.29) is 5.91 Å². The number of hydrogen-bond acceptors (Lipinski definition) is 3. The van der Waals surface area contributed by atoms with Gasteiger partial charge in [0, 0.05) is 27.1 Å². The highest BCUT2D eigenvalue weighted by Gasteiger charge is 2.28. The van der Waals surface area contributed by atoms with Crippen LogP contribution in [0, 0.1) is 0 Å². The van der Waals surface area contributed by atoms with E-state index in [0.29, 0.717) is 6.04 Å². The molecule has 1 rings (SSSR count). The number of rotatable bonds is 1. The van der Waals surface area contributed by atoms with E-state index in [2.05, 4.69) is 12.8 Å². The minimum atomic E-state index is 0.131. The number of carbonyl (C=O) groups is 1. The van der Waals surface area contributed by atoms with Gasteiger partial charge in [0.1, 0.15) is 0 Å². The zero-order valence-electron chi connectivity index (χ0n) is 6.24. The summed E-state index contributed by atoms with van der Waals surface area (Å²) in [4.78, 5) is 12.5. The maximum atomic E-state index is 10.8. The fourth-order valence-electron chi connectivity index (χ4n) is 0.935. The first kappa shape index (κ1) is 7.88. The summed E-state index contributed by atoms with van der Waals surface area (Å²) < 4.78 is 1.89. The Morgan fingerprint density at radius 3 is 2.50 bits per heavy atom. The maximum absolute atomic E-state index is 10.8. The molecule has 10 heavy (non-hydrogen) atoms. The number of amides is 1. The van der Waals surface area contributed by atoms with E-state index in [4.69, 9.17) is 0 Å². The van der Waals surface area contributed by atoms with E-state index in [1.807, 2.05) is 11.4 Å². The average molecular weight is 160 g/mol. The molecule has 0 aliphatic carbocycles. The van der Waals surface area contributed by atoms with Gasteiger partial charge in [-0.2, -0.15) is 0 Å². The van der Waals surface area contributed by atoms with Crippen LogP contribution in [-0.2, 0) is 4.79 Å². The summed E-state index contributed by atoms with van der Waals surface area (Å²) in [6.07, 6.45) is 0. The molecular formula is C6H12N2OS. The van der Waals surface area contributed by atoms with Crippen LogP contribution in [0.3, 0.4) is 0 Å². The van der Waals surface area contributed by atoms with Crippen LogP contribution >= 0.6 is 12.8 Å². The molecule has 0 aromatic heterocycles. The number of hydrogen-bond donors (Lipinski definition) is 1. The molecule has 1 fully saturated rings. The Labute approximate surface area is 66.5 Å². The Kier molecular flexibility index (Phi) is 2.21. The molecule has 0 aromatic carbocycles. The first-order valence-electron chi connectivity index (χ1n) is 3.28. The number of thiol groups is 1. The normalized spacial score (nSPS) is 20.3. The molecule has 1 saturated heterocycles. The molecule has 3 nitrogen and oxygen atoms in total. The molecule has 0 N–H and O–H groups in total. The Balaban J connectivity index is 2.31. The molecule has 1 aliphatic heterocycles. The molecule has 0 spiro atoms. The number of likely N-dealkylation sites (N-methyl/N-ethyl adjacent to an activating group) is 1. The van der Waals surface area contributed by atoms with Gasteiger partial charge in [0.25, 0.3) is 0 Å². The van der Waals surface area contributed by atoms with Crippen LogP contribution in [0.25, 0.3) is 0 Å². The number of nitrogens with zero attached hydrogens (tertiary/aromatic N) is 2. The minimum Gasteiger partial charge on any atom is -0.340 e. The fraction of sp³-hybridized carbons (Fsp3) is 0.833. The predicted molar refractivity (Wildman–Crippen MR) is 42.8 cm³/mol. The third kappa shape index (κ3) is 1.44. The third-order valence-corrected chi connectivity index (χ3v) is 2.21. The third-order valence-electron chi connectivity index (χ3n) is 1.89. The molecule has 0 radical (unpaired) electrons. The van der Waals surface area contributed by atoms with Gasteiger partial charge in [-0.15, -0.1) is 0 Å². The summed E-state index contributed by atoms with van der Waals surface area (Å²) in [7, 11) is 1.83. The van der Waals surface area contributed by atoms with Gasteiger partial charge in [-0.3, -0.25) is 4.79 Å². The zero-order chi connectivity index (χ0) is 7.72. The zero-order valence-corrected chi connectivity index (χ0v) is 7.14. The van der Waals surface area contributed by atoms with Crippen molar-refractivity contribution in [1.29, 1.82) is 0 Å². The van der Waals surface area contributed by atoms with E-state index in [9.17, 15) is 4.79 Å². The van der Waals surface area contributed by atoms with Crippen molar-refractivity contribution in [1.82, 2.24) is 9.21 Å². The van der Waals surface area contributed by atoms with E-state index in [1.54, 1.807) is 11.8 Å². The topological polar surface area (TPSA) is 23.6 Å². The molecule has 1 aliphatic rings. The van der Waals surface area contributed by atoms with Crippen molar-refractivity contribution in [2.45, 2.75) is 13.0 Å². The monoisotopic (exact) mass is 160 g/mol. The van der Waals surface area contributed by atoms with Crippen LogP contribution in [0.15, 0.2) is 0 Å². The Morgan fingerprint density at radius 1 is 1.70 bits per heavy atom. The molecule has 1 heterocycles. The lowest BCUT2D eigenvalue weighted by atomic mass is 10.1. The molecule has 4 heteroatoms.